The van der Waals surface area contributed by atoms with Gasteiger partial charge in [-0.05, 0) is 23.8 Å². The fourth-order valence-electron chi connectivity index (χ4n) is 2.85. The number of hydrogen-bond acceptors (Lipinski definition) is 3. The molecule has 0 unspecified atom stereocenters. The highest BCUT2D eigenvalue weighted by molar-refractivity contribution is 6.07. The number of H-pyrrole nitrogens is 1. The number of benzene rings is 2. The van der Waals surface area contributed by atoms with E-state index < -0.39 is 23.8 Å². The lowest BCUT2D eigenvalue weighted by Crippen LogP contribution is -2.42. The number of aromatic nitrogens is 1. The third kappa shape index (κ3) is 3.41. The Morgan fingerprint density at radius 2 is 1.69 bits per heavy atom. The van der Waals surface area contributed by atoms with Crippen molar-refractivity contribution in [3.63, 3.8) is 0 Å². The van der Waals surface area contributed by atoms with Crippen LogP contribution in [0, 0.1) is 0 Å². The van der Waals surface area contributed by atoms with Gasteiger partial charge in [0.15, 0.2) is 0 Å². The van der Waals surface area contributed by atoms with E-state index in [2.05, 4.69) is 10.3 Å². The van der Waals surface area contributed by atoms with E-state index >= 15 is 0 Å². The number of nitrogens with one attached hydrogen (secondary N) is 2. The van der Waals surface area contributed by atoms with Gasteiger partial charge in [-0.25, -0.2) is 4.79 Å². The molecular weight excluding hydrogens is 334 g/mol. The Balaban J connectivity index is 1.84. The van der Waals surface area contributed by atoms with Gasteiger partial charge in [-0.3, -0.25) is 9.59 Å². The van der Waals surface area contributed by atoms with E-state index in [9.17, 15) is 19.5 Å². The van der Waals surface area contributed by atoms with Crippen LogP contribution in [0.25, 0.3) is 10.9 Å². The van der Waals surface area contributed by atoms with Crippen LogP contribution in [0.3, 0.4) is 0 Å². The fourth-order valence-corrected chi connectivity index (χ4v) is 2.85. The van der Waals surface area contributed by atoms with Crippen molar-refractivity contribution >= 4 is 28.7 Å². The lowest BCUT2D eigenvalue weighted by molar-refractivity contribution is -0.139. The molecular formula is C19H17N3O4. The molecule has 2 amide bonds. The van der Waals surface area contributed by atoms with Crippen LogP contribution in [-0.2, 0) is 11.2 Å². The van der Waals surface area contributed by atoms with E-state index in [1.165, 1.54) is 12.1 Å². The number of primary amides is 1. The Labute approximate surface area is 148 Å². The number of carboxylic acid groups (broad SMARTS) is 1. The van der Waals surface area contributed by atoms with Crippen LogP contribution < -0.4 is 11.1 Å². The molecule has 1 atom stereocenters. The number of para-hydroxylation sites is 1. The van der Waals surface area contributed by atoms with Crippen LogP contribution in [0.1, 0.15) is 26.3 Å². The SMILES string of the molecule is NC(=O)c1ccccc1C(=O)N[C@@H](Cc1c[nH]c2ccccc12)C(=O)O. The zero-order chi connectivity index (χ0) is 18.7. The van der Waals surface area contributed by atoms with E-state index in [-0.39, 0.29) is 17.5 Å². The molecule has 0 bridgehead atoms. The van der Waals surface area contributed by atoms with Crippen LogP contribution >= 0.6 is 0 Å². The van der Waals surface area contributed by atoms with E-state index in [0.29, 0.717) is 0 Å². The first kappa shape index (κ1) is 17.2. The Morgan fingerprint density at radius 1 is 1.04 bits per heavy atom. The number of rotatable bonds is 6. The first-order valence-corrected chi connectivity index (χ1v) is 7.95. The molecule has 0 aliphatic carbocycles. The van der Waals surface area contributed by atoms with Gasteiger partial charge >= 0.3 is 5.97 Å². The van der Waals surface area contributed by atoms with Crippen molar-refractivity contribution in [1.82, 2.24) is 10.3 Å². The van der Waals surface area contributed by atoms with Crippen molar-refractivity contribution in [2.45, 2.75) is 12.5 Å². The highest BCUT2D eigenvalue weighted by Gasteiger charge is 2.24. The molecule has 1 heterocycles. The minimum atomic E-state index is -1.17. The summed E-state index contributed by atoms with van der Waals surface area (Å²) in [5.74, 6) is -2.58. The number of carboxylic acids is 1. The predicted octanol–water partition coefficient (Wildman–Crippen LogP) is 1.69. The normalized spacial score (nSPS) is 11.8. The van der Waals surface area contributed by atoms with Crippen molar-refractivity contribution < 1.29 is 19.5 Å². The van der Waals surface area contributed by atoms with Crippen LogP contribution in [0.5, 0.6) is 0 Å². The number of carbonyl (C=O) groups excluding carboxylic acids is 2. The number of hydrogen-bond donors (Lipinski definition) is 4. The third-order valence-electron chi connectivity index (χ3n) is 4.14. The third-order valence-corrected chi connectivity index (χ3v) is 4.14. The van der Waals surface area contributed by atoms with E-state index in [4.69, 9.17) is 5.73 Å². The molecule has 3 rings (SSSR count). The largest absolute Gasteiger partial charge is 0.480 e. The molecule has 0 saturated carbocycles. The standard InChI is InChI=1S/C19H17N3O4/c20-17(23)13-6-1-2-7-14(13)18(24)22-16(19(25)26)9-11-10-21-15-8-4-3-5-12(11)15/h1-8,10,16,21H,9H2,(H2,20,23)(H,22,24)(H,25,26)/t16-/m0/s1. The molecule has 0 saturated heterocycles. The topological polar surface area (TPSA) is 125 Å². The van der Waals surface area contributed by atoms with Gasteiger partial charge < -0.3 is 21.1 Å². The van der Waals surface area contributed by atoms with Crippen molar-refractivity contribution in [2.75, 3.05) is 0 Å². The summed E-state index contributed by atoms with van der Waals surface area (Å²) in [7, 11) is 0. The summed E-state index contributed by atoms with van der Waals surface area (Å²) in [5, 5.41) is 12.9. The van der Waals surface area contributed by atoms with Gasteiger partial charge in [-0.2, -0.15) is 0 Å². The Kier molecular flexibility index (Phi) is 4.70. The molecule has 0 radical (unpaired) electrons. The Bertz CT molecular complexity index is 993. The average Bonchev–Trinajstić information content (AvgIpc) is 3.04. The molecule has 1 aromatic heterocycles. The minimum absolute atomic E-state index is 0.0428. The number of aromatic amines is 1. The first-order chi connectivity index (χ1) is 12.5. The van der Waals surface area contributed by atoms with Crippen LogP contribution in [0.15, 0.2) is 54.7 Å². The summed E-state index contributed by atoms with van der Waals surface area (Å²) in [6, 6.07) is 12.4. The fraction of sp³-hybridized carbons (Fsp3) is 0.105. The molecule has 5 N–H and O–H groups in total. The van der Waals surface area contributed by atoms with Crippen molar-refractivity contribution in [2.24, 2.45) is 5.73 Å². The van der Waals surface area contributed by atoms with Gasteiger partial charge in [-0.15, -0.1) is 0 Å². The second kappa shape index (κ2) is 7.10. The molecule has 3 aromatic rings. The zero-order valence-corrected chi connectivity index (χ0v) is 13.7. The number of fused-ring (bicyclic) bond motifs is 1. The summed E-state index contributed by atoms with van der Waals surface area (Å²) in [5.41, 5.74) is 7.03. The highest BCUT2D eigenvalue weighted by atomic mass is 16.4. The highest BCUT2D eigenvalue weighted by Crippen LogP contribution is 2.19. The van der Waals surface area contributed by atoms with Crippen molar-refractivity contribution in [3.8, 4) is 0 Å². The quantitative estimate of drug-likeness (QED) is 0.539. The molecule has 132 valence electrons. The van der Waals surface area contributed by atoms with Gasteiger partial charge in [0.1, 0.15) is 6.04 Å². The summed E-state index contributed by atoms with van der Waals surface area (Å²) < 4.78 is 0. The monoisotopic (exact) mass is 351 g/mol. The Morgan fingerprint density at radius 3 is 2.38 bits per heavy atom. The van der Waals surface area contributed by atoms with Crippen LogP contribution in [0.4, 0.5) is 0 Å². The molecule has 0 spiro atoms. The first-order valence-electron chi connectivity index (χ1n) is 7.95. The summed E-state index contributed by atoms with van der Waals surface area (Å²) in [6.45, 7) is 0. The summed E-state index contributed by atoms with van der Waals surface area (Å²) in [6.07, 6.45) is 1.83. The molecule has 26 heavy (non-hydrogen) atoms. The number of amides is 2. The maximum Gasteiger partial charge on any atom is 0.326 e. The average molecular weight is 351 g/mol. The molecule has 2 aromatic carbocycles. The van der Waals surface area contributed by atoms with Crippen molar-refractivity contribution in [1.29, 1.82) is 0 Å². The molecule has 7 nitrogen and oxygen atoms in total. The van der Waals surface area contributed by atoms with Gasteiger partial charge in [-0.1, -0.05) is 30.3 Å². The Hall–Kier alpha value is -3.61. The number of carbonyl (C=O) groups is 3. The van der Waals surface area contributed by atoms with Gasteiger partial charge in [0.2, 0.25) is 5.91 Å². The smallest absolute Gasteiger partial charge is 0.326 e. The van der Waals surface area contributed by atoms with E-state index in [1.54, 1.807) is 18.3 Å². The lowest BCUT2D eigenvalue weighted by Gasteiger charge is -2.15. The van der Waals surface area contributed by atoms with Gasteiger partial charge in [0.25, 0.3) is 5.91 Å². The van der Waals surface area contributed by atoms with Crippen LogP contribution in [-0.4, -0.2) is 33.9 Å². The second-order valence-electron chi connectivity index (χ2n) is 5.84. The molecule has 0 aliphatic rings. The molecule has 0 fully saturated rings. The van der Waals surface area contributed by atoms with Crippen LogP contribution in [0.2, 0.25) is 0 Å². The van der Waals surface area contributed by atoms with Crippen molar-refractivity contribution in [3.05, 3.63) is 71.4 Å². The predicted molar refractivity (Wildman–Crippen MR) is 95.9 cm³/mol. The zero-order valence-electron chi connectivity index (χ0n) is 13.7. The number of nitrogens with two attached hydrogens (primary N) is 1. The van der Waals surface area contributed by atoms with E-state index in [1.807, 2.05) is 24.3 Å². The van der Waals surface area contributed by atoms with E-state index in [0.717, 1.165) is 16.5 Å². The van der Waals surface area contributed by atoms with Gasteiger partial charge in [0.05, 0.1) is 11.1 Å². The lowest BCUT2D eigenvalue weighted by atomic mass is 10.0. The molecule has 7 heteroatoms. The van der Waals surface area contributed by atoms with Gasteiger partial charge in [0, 0.05) is 23.5 Å². The maximum absolute atomic E-state index is 12.5. The summed E-state index contributed by atoms with van der Waals surface area (Å²) >= 11 is 0. The number of aliphatic carboxylic acids is 1. The summed E-state index contributed by atoms with van der Waals surface area (Å²) in [4.78, 5) is 38.7. The second-order valence-corrected chi connectivity index (χ2v) is 5.84. The maximum atomic E-state index is 12.5. The minimum Gasteiger partial charge on any atom is -0.480 e. The molecule has 0 aliphatic heterocycles.